The molecular weight excluding hydrogens is 282 g/mol. The van der Waals surface area contributed by atoms with E-state index < -0.39 is 0 Å². The van der Waals surface area contributed by atoms with Crippen LogP contribution in [0.15, 0.2) is 24.9 Å². The summed E-state index contributed by atoms with van der Waals surface area (Å²) in [6, 6.07) is 0. The highest BCUT2D eigenvalue weighted by molar-refractivity contribution is 5.91. The minimum atomic E-state index is -0.187. The molecule has 0 aromatic carbocycles. The van der Waals surface area contributed by atoms with Crippen molar-refractivity contribution in [2.45, 2.75) is 25.9 Å². The van der Waals surface area contributed by atoms with E-state index in [0.29, 0.717) is 24.7 Å². The molecule has 1 atom stereocenters. The first-order chi connectivity index (χ1) is 10.8. The van der Waals surface area contributed by atoms with E-state index in [9.17, 15) is 4.79 Å². The Bertz CT molecular complexity index is 586. The zero-order chi connectivity index (χ0) is 15.2. The lowest BCUT2D eigenvalue weighted by molar-refractivity contribution is 0.0947. The summed E-state index contributed by atoms with van der Waals surface area (Å²) in [5, 5.41) is 14.2. The van der Waals surface area contributed by atoms with Gasteiger partial charge in [0, 0.05) is 32.0 Å². The number of piperidine rings is 1. The standard InChI is InChI=1S/C14H21N7O/c22-14(17-5-7-20-6-4-16-11-20)13-10-21(19-18-13)9-12-2-1-3-15-8-12/h4,6,10-12,15H,1-3,5,7-9H2,(H,17,22)/t12-/m1/s1. The monoisotopic (exact) mass is 303 g/mol. The summed E-state index contributed by atoms with van der Waals surface area (Å²) in [4.78, 5) is 16.0. The third-order valence-electron chi connectivity index (χ3n) is 3.83. The molecule has 3 heterocycles. The minimum absolute atomic E-state index is 0.187. The van der Waals surface area contributed by atoms with E-state index >= 15 is 0 Å². The summed E-state index contributed by atoms with van der Waals surface area (Å²) in [5.74, 6) is 0.376. The number of nitrogens with zero attached hydrogens (tertiary/aromatic N) is 5. The Labute approximate surface area is 128 Å². The van der Waals surface area contributed by atoms with Gasteiger partial charge in [-0.1, -0.05) is 5.21 Å². The predicted molar refractivity (Wildman–Crippen MR) is 80.2 cm³/mol. The van der Waals surface area contributed by atoms with Crippen LogP contribution in [0.4, 0.5) is 0 Å². The van der Waals surface area contributed by atoms with Gasteiger partial charge in [0.25, 0.3) is 5.91 Å². The summed E-state index contributed by atoms with van der Waals surface area (Å²) in [7, 11) is 0. The van der Waals surface area contributed by atoms with Crippen molar-refractivity contribution in [2.75, 3.05) is 19.6 Å². The number of hydrogen-bond acceptors (Lipinski definition) is 5. The maximum absolute atomic E-state index is 12.0. The van der Waals surface area contributed by atoms with Gasteiger partial charge in [0.1, 0.15) is 0 Å². The van der Waals surface area contributed by atoms with Crippen molar-refractivity contribution < 1.29 is 4.79 Å². The molecule has 8 nitrogen and oxygen atoms in total. The first kappa shape index (κ1) is 14.7. The zero-order valence-corrected chi connectivity index (χ0v) is 12.5. The second-order valence-electron chi connectivity index (χ2n) is 5.59. The van der Waals surface area contributed by atoms with Crippen LogP contribution in [0.3, 0.4) is 0 Å². The molecule has 1 aliphatic rings. The van der Waals surface area contributed by atoms with E-state index in [1.54, 1.807) is 23.4 Å². The van der Waals surface area contributed by atoms with Crippen molar-refractivity contribution >= 4 is 5.91 Å². The van der Waals surface area contributed by atoms with Crippen molar-refractivity contribution in [1.29, 1.82) is 0 Å². The van der Waals surface area contributed by atoms with E-state index in [4.69, 9.17) is 0 Å². The van der Waals surface area contributed by atoms with Crippen LogP contribution in [-0.4, -0.2) is 50.1 Å². The molecule has 1 amide bonds. The Balaban J connectivity index is 1.46. The Kier molecular flexibility index (Phi) is 4.79. The van der Waals surface area contributed by atoms with Gasteiger partial charge in [-0.15, -0.1) is 5.10 Å². The molecule has 2 aromatic heterocycles. The summed E-state index contributed by atoms with van der Waals surface area (Å²) in [6.07, 6.45) is 9.41. The Morgan fingerprint density at radius 2 is 2.45 bits per heavy atom. The van der Waals surface area contributed by atoms with Gasteiger partial charge in [-0.05, 0) is 31.8 Å². The Morgan fingerprint density at radius 1 is 1.50 bits per heavy atom. The van der Waals surface area contributed by atoms with Crippen LogP contribution >= 0.6 is 0 Å². The quantitative estimate of drug-likeness (QED) is 0.778. The van der Waals surface area contributed by atoms with E-state index in [2.05, 4.69) is 25.9 Å². The van der Waals surface area contributed by atoms with Gasteiger partial charge in [-0.3, -0.25) is 9.48 Å². The molecule has 22 heavy (non-hydrogen) atoms. The lowest BCUT2D eigenvalue weighted by Gasteiger charge is -2.22. The smallest absolute Gasteiger partial charge is 0.273 e. The molecule has 0 spiro atoms. The normalized spacial score (nSPS) is 18.3. The molecule has 1 fully saturated rings. The van der Waals surface area contributed by atoms with Crippen LogP contribution in [0.2, 0.25) is 0 Å². The van der Waals surface area contributed by atoms with Gasteiger partial charge in [0.15, 0.2) is 5.69 Å². The van der Waals surface area contributed by atoms with Crippen LogP contribution in [-0.2, 0) is 13.1 Å². The number of imidazole rings is 1. The Hall–Kier alpha value is -2.22. The van der Waals surface area contributed by atoms with E-state index in [1.165, 1.54) is 12.8 Å². The number of hydrogen-bond donors (Lipinski definition) is 2. The van der Waals surface area contributed by atoms with Crippen molar-refractivity contribution in [3.63, 3.8) is 0 Å². The maximum atomic E-state index is 12.0. The third-order valence-corrected chi connectivity index (χ3v) is 3.83. The van der Waals surface area contributed by atoms with Crippen molar-refractivity contribution in [3.05, 3.63) is 30.6 Å². The molecule has 3 rings (SSSR count). The van der Waals surface area contributed by atoms with Crippen LogP contribution in [0, 0.1) is 5.92 Å². The number of carbonyl (C=O) groups is 1. The van der Waals surface area contributed by atoms with E-state index in [-0.39, 0.29) is 5.91 Å². The lowest BCUT2D eigenvalue weighted by Crippen LogP contribution is -2.32. The molecule has 0 bridgehead atoms. The largest absolute Gasteiger partial charge is 0.349 e. The molecule has 0 saturated carbocycles. The molecular formula is C14H21N7O. The lowest BCUT2D eigenvalue weighted by atomic mass is 10.00. The topological polar surface area (TPSA) is 89.7 Å². The van der Waals surface area contributed by atoms with Gasteiger partial charge >= 0.3 is 0 Å². The molecule has 1 saturated heterocycles. The van der Waals surface area contributed by atoms with Crippen LogP contribution in [0.5, 0.6) is 0 Å². The highest BCUT2D eigenvalue weighted by atomic mass is 16.2. The average molecular weight is 303 g/mol. The number of nitrogens with one attached hydrogen (secondary N) is 2. The summed E-state index contributed by atoms with van der Waals surface area (Å²) in [5.41, 5.74) is 0.370. The molecule has 118 valence electrons. The Morgan fingerprint density at radius 3 is 3.23 bits per heavy atom. The molecule has 0 aliphatic carbocycles. The summed E-state index contributed by atoms with van der Waals surface area (Å²) in [6.45, 7) is 4.13. The van der Waals surface area contributed by atoms with Gasteiger partial charge < -0.3 is 15.2 Å². The van der Waals surface area contributed by atoms with Crippen LogP contribution in [0.1, 0.15) is 23.3 Å². The first-order valence-corrected chi connectivity index (χ1v) is 7.66. The highest BCUT2D eigenvalue weighted by Crippen LogP contribution is 2.11. The zero-order valence-electron chi connectivity index (χ0n) is 12.5. The summed E-state index contributed by atoms with van der Waals surface area (Å²) >= 11 is 0. The van der Waals surface area contributed by atoms with Crippen LogP contribution < -0.4 is 10.6 Å². The maximum Gasteiger partial charge on any atom is 0.273 e. The minimum Gasteiger partial charge on any atom is -0.349 e. The third kappa shape index (κ3) is 3.91. The average Bonchev–Trinajstić information content (AvgIpc) is 3.20. The molecule has 1 aliphatic heterocycles. The van der Waals surface area contributed by atoms with E-state index in [0.717, 1.165) is 19.6 Å². The molecule has 0 radical (unpaired) electrons. The fourth-order valence-corrected chi connectivity index (χ4v) is 2.64. The second kappa shape index (κ2) is 7.17. The summed E-state index contributed by atoms with van der Waals surface area (Å²) < 4.78 is 3.68. The van der Waals surface area contributed by atoms with Crippen LogP contribution in [0.25, 0.3) is 0 Å². The van der Waals surface area contributed by atoms with Gasteiger partial charge in [-0.25, -0.2) is 4.98 Å². The fourth-order valence-electron chi connectivity index (χ4n) is 2.64. The van der Waals surface area contributed by atoms with E-state index in [1.807, 2.05) is 10.8 Å². The second-order valence-corrected chi connectivity index (χ2v) is 5.59. The van der Waals surface area contributed by atoms with Gasteiger partial charge in [-0.2, -0.15) is 0 Å². The molecule has 2 aromatic rings. The SMILES string of the molecule is O=C(NCCn1ccnc1)c1cn(C[C@@H]2CCCNC2)nn1. The van der Waals surface area contributed by atoms with Crippen molar-refractivity contribution in [1.82, 2.24) is 35.2 Å². The van der Waals surface area contributed by atoms with Gasteiger partial charge in [0.2, 0.25) is 0 Å². The molecule has 2 N–H and O–H groups in total. The van der Waals surface area contributed by atoms with Gasteiger partial charge in [0.05, 0.1) is 12.5 Å². The number of aromatic nitrogens is 5. The molecule has 0 unspecified atom stereocenters. The number of amides is 1. The first-order valence-electron chi connectivity index (χ1n) is 7.66. The number of carbonyl (C=O) groups excluding carboxylic acids is 1. The van der Waals surface area contributed by atoms with Crippen molar-refractivity contribution in [2.24, 2.45) is 5.92 Å². The highest BCUT2D eigenvalue weighted by Gasteiger charge is 2.16. The molecule has 8 heteroatoms. The predicted octanol–water partition coefficient (Wildman–Crippen LogP) is -0.0958. The fraction of sp³-hybridized carbons (Fsp3) is 0.571. The number of rotatable bonds is 6. The van der Waals surface area contributed by atoms with Crippen molar-refractivity contribution in [3.8, 4) is 0 Å².